The summed E-state index contributed by atoms with van der Waals surface area (Å²) in [4.78, 5) is 4.59. The molecule has 0 radical (unpaired) electrons. The van der Waals surface area contributed by atoms with E-state index in [2.05, 4.69) is 62.3 Å². The molecule has 0 saturated heterocycles. The molecule has 0 bridgehead atoms. The standard InChI is InChI=1S/C17H32N4O/c1-7-14(8-2)16-10-15(22-21-16)11-19-17(18-9-3)20-13(6)12(4)5/h10,12-14H,7-9,11H2,1-6H3,(H2,18,19,20). The van der Waals surface area contributed by atoms with E-state index in [1.165, 1.54) is 0 Å². The zero-order valence-electron chi connectivity index (χ0n) is 14.9. The first-order chi connectivity index (χ1) is 10.5. The molecule has 0 fully saturated rings. The summed E-state index contributed by atoms with van der Waals surface area (Å²) in [7, 11) is 0. The minimum Gasteiger partial charge on any atom is -0.359 e. The van der Waals surface area contributed by atoms with E-state index in [-0.39, 0.29) is 0 Å². The average Bonchev–Trinajstić information content (AvgIpc) is 2.95. The molecule has 0 aliphatic rings. The first kappa shape index (κ1) is 18.5. The molecular formula is C17H32N4O. The molecular weight excluding hydrogens is 276 g/mol. The molecule has 0 spiro atoms. The van der Waals surface area contributed by atoms with Crippen LogP contribution < -0.4 is 10.6 Å². The quantitative estimate of drug-likeness (QED) is 0.568. The number of hydrogen-bond acceptors (Lipinski definition) is 3. The van der Waals surface area contributed by atoms with Crippen molar-refractivity contribution in [1.82, 2.24) is 15.8 Å². The summed E-state index contributed by atoms with van der Waals surface area (Å²) < 4.78 is 5.42. The monoisotopic (exact) mass is 308 g/mol. The van der Waals surface area contributed by atoms with Gasteiger partial charge in [0.05, 0.1) is 5.69 Å². The number of aromatic nitrogens is 1. The van der Waals surface area contributed by atoms with Crippen LogP contribution in [0.25, 0.3) is 0 Å². The van der Waals surface area contributed by atoms with Crippen molar-refractivity contribution < 1.29 is 4.52 Å². The van der Waals surface area contributed by atoms with E-state index < -0.39 is 0 Å². The highest BCUT2D eigenvalue weighted by Crippen LogP contribution is 2.22. The van der Waals surface area contributed by atoms with Gasteiger partial charge in [0.2, 0.25) is 0 Å². The fourth-order valence-electron chi connectivity index (χ4n) is 2.16. The molecule has 1 heterocycles. The number of nitrogens with zero attached hydrogens (tertiary/aromatic N) is 2. The van der Waals surface area contributed by atoms with E-state index in [0.717, 1.165) is 36.8 Å². The van der Waals surface area contributed by atoms with Crippen LogP contribution in [0.4, 0.5) is 0 Å². The summed E-state index contributed by atoms with van der Waals surface area (Å²) in [5, 5.41) is 10.9. The molecule has 2 N–H and O–H groups in total. The Balaban J connectivity index is 2.69. The molecule has 5 nitrogen and oxygen atoms in total. The largest absolute Gasteiger partial charge is 0.359 e. The van der Waals surface area contributed by atoms with Gasteiger partial charge in [-0.2, -0.15) is 0 Å². The first-order valence-corrected chi connectivity index (χ1v) is 8.52. The maximum absolute atomic E-state index is 5.42. The van der Waals surface area contributed by atoms with Crippen LogP contribution in [0.15, 0.2) is 15.6 Å². The van der Waals surface area contributed by atoms with Crippen LogP contribution in [0.3, 0.4) is 0 Å². The minimum absolute atomic E-state index is 0.368. The van der Waals surface area contributed by atoms with Gasteiger partial charge in [0.15, 0.2) is 11.7 Å². The highest BCUT2D eigenvalue weighted by Gasteiger charge is 2.13. The molecule has 0 aliphatic carbocycles. The second-order valence-electron chi connectivity index (χ2n) is 6.10. The fourth-order valence-corrected chi connectivity index (χ4v) is 2.16. The van der Waals surface area contributed by atoms with E-state index in [1.54, 1.807) is 0 Å². The Bertz CT molecular complexity index is 449. The highest BCUT2D eigenvalue weighted by atomic mass is 16.5. The van der Waals surface area contributed by atoms with Crippen LogP contribution >= 0.6 is 0 Å². The van der Waals surface area contributed by atoms with Gasteiger partial charge in [-0.15, -0.1) is 0 Å². The summed E-state index contributed by atoms with van der Waals surface area (Å²) in [5.74, 6) is 2.67. The molecule has 1 aromatic rings. The van der Waals surface area contributed by atoms with Gasteiger partial charge in [0, 0.05) is 24.6 Å². The Morgan fingerprint density at radius 3 is 2.45 bits per heavy atom. The van der Waals surface area contributed by atoms with Crippen molar-refractivity contribution in [3.05, 3.63) is 17.5 Å². The minimum atomic E-state index is 0.368. The van der Waals surface area contributed by atoms with Crippen molar-refractivity contribution in [3.8, 4) is 0 Å². The van der Waals surface area contributed by atoms with Crippen LogP contribution in [-0.4, -0.2) is 23.7 Å². The van der Waals surface area contributed by atoms with E-state index in [0.29, 0.717) is 24.4 Å². The Labute approximate surface area is 135 Å². The molecule has 22 heavy (non-hydrogen) atoms. The normalized spacial score (nSPS) is 13.7. The van der Waals surface area contributed by atoms with Crippen molar-refractivity contribution in [3.63, 3.8) is 0 Å². The fraction of sp³-hybridized carbons (Fsp3) is 0.765. The van der Waals surface area contributed by atoms with Crippen LogP contribution in [0.1, 0.15) is 71.8 Å². The Hall–Kier alpha value is -1.52. The van der Waals surface area contributed by atoms with Gasteiger partial charge in [-0.05, 0) is 32.6 Å². The second kappa shape index (κ2) is 9.49. The highest BCUT2D eigenvalue weighted by molar-refractivity contribution is 5.80. The van der Waals surface area contributed by atoms with Crippen molar-refractivity contribution in [1.29, 1.82) is 0 Å². The lowest BCUT2D eigenvalue weighted by atomic mass is 9.99. The first-order valence-electron chi connectivity index (χ1n) is 8.52. The molecule has 0 aromatic carbocycles. The lowest BCUT2D eigenvalue weighted by molar-refractivity contribution is 0.372. The van der Waals surface area contributed by atoms with Gasteiger partial charge in [-0.1, -0.05) is 32.9 Å². The molecule has 126 valence electrons. The molecule has 1 aromatic heterocycles. The van der Waals surface area contributed by atoms with E-state index >= 15 is 0 Å². The van der Waals surface area contributed by atoms with Crippen molar-refractivity contribution >= 4 is 5.96 Å². The van der Waals surface area contributed by atoms with Crippen molar-refractivity contribution in [2.24, 2.45) is 10.9 Å². The molecule has 0 saturated carbocycles. The van der Waals surface area contributed by atoms with Gasteiger partial charge in [0.25, 0.3) is 0 Å². The van der Waals surface area contributed by atoms with Gasteiger partial charge >= 0.3 is 0 Å². The van der Waals surface area contributed by atoms with Crippen LogP contribution in [0.2, 0.25) is 0 Å². The Morgan fingerprint density at radius 2 is 1.91 bits per heavy atom. The summed E-state index contributed by atoms with van der Waals surface area (Å²) in [6, 6.07) is 2.41. The molecule has 5 heteroatoms. The Morgan fingerprint density at radius 1 is 1.23 bits per heavy atom. The summed E-state index contributed by atoms with van der Waals surface area (Å²) >= 11 is 0. The molecule has 1 unspecified atom stereocenters. The number of aliphatic imine (C=N–C) groups is 1. The van der Waals surface area contributed by atoms with E-state index in [1.807, 2.05) is 6.07 Å². The number of hydrogen-bond donors (Lipinski definition) is 2. The van der Waals surface area contributed by atoms with Crippen LogP contribution in [-0.2, 0) is 6.54 Å². The lowest BCUT2D eigenvalue weighted by Crippen LogP contribution is -2.44. The van der Waals surface area contributed by atoms with Gasteiger partial charge < -0.3 is 15.2 Å². The third-order valence-electron chi connectivity index (χ3n) is 4.08. The molecule has 1 atom stereocenters. The van der Waals surface area contributed by atoms with Crippen molar-refractivity contribution in [2.75, 3.05) is 6.54 Å². The number of rotatable bonds is 8. The molecule has 0 amide bonds. The van der Waals surface area contributed by atoms with Crippen LogP contribution in [0, 0.1) is 5.92 Å². The topological polar surface area (TPSA) is 62.5 Å². The van der Waals surface area contributed by atoms with Gasteiger partial charge in [0.1, 0.15) is 6.54 Å². The maximum atomic E-state index is 5.42. The zero-order chi connectivity index (χ0) is 16.5. The third-order valence-corrected chi connectivity index (χ3v) is 4.08. The lowest BCUT2D eigenvalue weighted by Gasteiger charge is -2.20. The average molecular weight is 308 g/mol. The van der Waals surface area contributed by atoms with Crippen molar-refractivity contribution in [2.45, 2.75) is 72.9 Å². The summed E-state index contributed by atoms with van der Waals surface area (Å²) in [6.07, 6.45) is 2.17. The van der Waals surface area contributed by atoms with E-state index in [4.69, 9.17) is 4.52 Å². The third kappa shape index (κ3) is 5.70. The summed E-state index contributed by atoms with van der Waals surface area (Å²) in [6.45, 7) is 14.3. The predicted molar refractivity (Wildman–Crippen MR) is 92.1 cm³/mol. The van der Waals surface area contributed by atoms with E-state index in [9.17, 15) is 0 Å². The number of nitrogens with one attached hydrogen (secondary N) is 2. The molecule has 1 rings (SSSR count). The van der Waals surface area contributed by atoms with Crippen LogP contribution in [0.5, 0.6) is 0 Å². The number of guanidine groups is 1. The Kier molecular flexibility index (Phi) is 7.99. The molecule has 0 aliphatic heterocycles. The zero-order valence-corrected chi connectivity index (χ0v) is 14.9. The van der Waals surface area contributed by atoms with Gasteiger partial charge in [-0.3, -0.25) is 0 Å². The second-order valence-corrected chi connectivity index (χ2v) is 6.10. The summed E-state index contributed by atoms with van der Waals surface area (Å²) in [5.41, 5.74) is 1.05. The predicted octanol–water partition coefficient (Wildman–Crippen LogP) is 3.68. The smallest absolute Gasteiger partial charge is 0.191 e. The maximum Gasteiger partial charge on any atom is 0.191 e. The SMILES string of the molecule is CCNC(=NCc1cc(C(CC)CC)no1)NC(C)C(C)C. The van der Waals surface area contributed by atoms with Gasteiger partial charge in [-0.25, -0.2) is 4.99 Å².